The van der Waals surface area contributed by atoms with Crippen LogP contribution in [0.5, 0.6) is 0 Å². The van der Waals surface area contributed by atoms with E-state index in [-0.39, 0.29) is 24.9 Å². The fourth-order valence-corrected chi connectivity index (χ4v) is 2.75. The Morgan fingerprint density at radius 2 is 2.12 bits per heavy atom. The standard InChI is InChI=1S/C10H20N2O4S/c1-16-8-6-11-10(13)5-7-12(9-3-4-9)17(2,14)15/h9H,3-8H2,1-2H3,(H,11,13). The second-order valence-electron chi connectivity index (χ2n) is 4.20. The van der Waals surface area contributed by atoms with Crippen LogP contribution in [0.15, 0.2) is 0 Å². The molecule has 1 amide bonds. The van der Waals surface area contributed by atoms with Gasteiger partial charge < -0.3 is 10.1 Å². The molecule has 0 spiro atoms. The molecule has 6 nitrogen and oxygen atoms in total. The zero-order valence-corrected chi connectivity index (χ0v) is 11.1. The second-order valence-corrected chi connectivity index (χ2v) is 6.13. The maximum Gasteiger partial charge on any atom is 0.221 e. The molecule has 0 unspecified atom stereocenters. The maximum atomic E-state index is 11.5. The number of nitrogens with zero attached hydrogens (tertiary/aromatic N) is 1. The van der Waals surface area contributed by atoms with Gasteiger partial charge in [-0.2, -0.15) is 4.31 Å². The Labute approximate surface area is 102 Å². The van der Waals surface area contributed by atoms with E-state index >= 15 is 0 Å². The van der Waals surface area contributed by atoms with E-state index in [1.807, 2.05) is 0 Å². The molecule has 7 heteroatoms. The van der Waals surface area contributed by atoms with Crippen LogP contribution in [0.4, 0.5) is 0 Å². The maximum absolute atomic E-state index is 11.5. The first kappa shape index (κ1) is 14.4. The lowest BCUT2D eigenvalue weighted by Gasteiger charge is -2.18. The van der Waals surface area contributed by atoms with E-state index < -0.39 is 10.0 Å². The molecule has 0 aromatic rings. The van der Waals surface area contributed by atoms with Gasteiger partial charge in [-0.15, -0.1) is 0 Å². The molecule has 0 radical (unpaired) electrons. The number of sulfonamides is 1. The predicted octanol–water partition coefficient (Wildman–Crippen LogP) is -0.437. The van der Waals surface area contributed by atoms with E-state index in [1.54, 1.807) is 7.11 Å². The highest BCUT2D eigenvalue weighted by atomic mass is 32.2. The predicted molar refractivity (Wildman–Crippen MR) is 64.1 cm³/mol. The topological polar surface area (TPSA) is 75.7 Å². The quantitative estimate of drug-likeness (QED) is 0.603. The Bertz CT molecular complexity index is 351. The number of methoxy groups -OCH3 is 1. The van der Waals surface area contributed by atoms with E-state index in [0.717, 1.165) is 12.8 Å². The smallest absolute Gasteiger partial charge is 0.221 e. The Balaban J connectivity index is 2.30. The summed E-state index contributed by atoms with van der Waals surface area (Å²) >= 11 is 0. The molecule has 0 bridgehead atoms. The van der Waals surface area contributed by atoms with E-state index in [1.165, 1.54) is 10.6 Å². The highest BCUT2D eigenvalue weighted by Crippen LogP contribution is 2.28. The lowest BCUT2D eigenvalue weighted by atomic mass is 10.4. The van der Waals surface area contributed by atoms with E-state index in [0.29, 0.717) is 13.2 Å². The molecule has 1 saturated carbocycles. The summed E-state index contributed by atoms with van der Waals surface area (Å²) < 4.78 is 29.1. The van der Waals surface area contributed by atoms with Crippen molar-refractivity contribution >= 4 is 15.9 Å². The van der Waals surface area contributed by atoms with Gasteiger partial charge in [0.1, 0.15) is 0 Å². The number of rotatable bonds is 8. The van der Waals surface area contributed by atoms with Crippen LogP contribution in [-0.4, -0.2) is 57.7 Å². The molecule has 0 aliphatic heterocycles. The molecule has 0 heterocycles. The van der Waals surface area contributed by atoms with Gasteiger partial charge in [0.25, 0.3) is 0 Å². The number of ether oxygens (including phenoxy) is 1. The van der Waals surface area contributed by atoms with Gasteiger partial charge in [-0.3, -0.25) is 4.79 Å². The Hall–Kier alpha value is -0.660. The van der Waals surface area contributed by atoms with Gasteiger partial charge in [-0.25, -0.2) is 8.42 Å². The molecule has 1 fully saturated rings. The summed E-state index contributed by atoms with van der Waals surface area (Å²) in [6, 6.07) is 0.108. The Morgan fingerprint density at radius 3 is 2.59 bits per heavy atom. The van der Waals surface area contributed by atoms with Gasteiger partial charge in [0.05, 0.1) is 12.9 Å². The van der Waals surface area contributed by atoms with E-state index in [2.05, 4.69) is 5.32 Å². The van der Waals surface area contributed by atoms with Crippen molar-refractivity contribution < 1.29 is 17.9 Å². The van der Waals surface area contributed by atoms with Crippen molar-refractivity contribution in [1.29, 1.82) is 0 Å². The first-order valence-electron chi connectivity index (χ1n) is 5.67. The van der Waals surface area contributed by atoms with Crippen LogP contribution in [0.25, 0.3) is 0 Å². The zero-order valence-electron chi connectivity index (χ0n) is 10.3. The van der Waals surface area contributed by atoms with E-state index in [9.17, 15) is 13.2 Å². The molecule has 1 aliphatic rings. The zero-order chi connectivity index (χ0) is 12.9. The number of amides is 1. The lowest BCUT2D eigenvalue weighted by molar-refractivity contribution is -0.121. The van der Waals surface area contributed by atoms with Crippen LogP contribution in [0.2, 0.25) is 0 Å². The molecule has 0 atom stereocenters. The average Bonchev–Trinajstić information content (AvgIpc) is 3.00. The Morgan fingerprint density at radius 1 is 1.47 bits per heavy atom. The minimum Gasteiger partial charge on any atom is -0.383 e. The SMILES string of the molecule is COCCNC(=O)CCN(C1CC1)S(C)(=O)=O. The Kier molecular flexibility index (Phi) is 5.35. The minimum absolute atomic E-state index is 0.108. The van der Waals surface area contributed by atoms with Crippen molar-refractivity contribution in [2.24, 2.45) is 0 Å². The van der Waals surface area contributed by atoms with Crippen LogP contribution in [0, 0.1) is 0 Å². The molecule has 1 aliphatic carbocycles. The van der Waals surface area contributed by atoms with Gasteiger partial charge in [-0.1, -0.05) is 0 Å². The summed E-state index contributed by atoms with van der Waals surface area (Å²) in [6.07, 6.45) is 3.19. The summed E-state index contributed by atoms with van der Waals surface area (Å²) in [5.74, 6) is -0.142. The molecule has 17 heavy (non-hydrogen) atoms. The molecule has 1 N–H and O–H groups in total. The molecule has 1 rings (SSSR count). The molecule has 0 saturated heterocycles. The van der Waals surface area contributed by atoms with Crippen LogP contribution < -0.4 is 5.32 Å². The molecule has 0 aromatic heterocycles. The third kappa shape index (κ3) is 5.47. The fourth-order valence-electron chi connectivity index (χ4n) is 1.57. The average molecular weight is 264 g/mol. The summed E-state index contributed by atoms with van der Waals surface area (Å²) in [5.41, 5.74) is 0. The molecule has 100 valence electrons. The first-order chi connectivity index (χ1) is 7.95. The number of carbonyl (C=O) groups is 1. The highest BCUT2D eigenvalue weighted by molar-refractivity contribution is 7.88. The molecular formula is C10H20N2O4S. The van der Waals surface area contributed by atoms with Crippen LogP contribution in [-0.2, 0) is 19.6 Å². The summed E-state index contributed by atoms with van der Waals surface area (Å²) in [5, 5.41) is 2.66. The third-order valence-corrected chi connectivity index (χ3v) is 3.90. The van der Waals surface area contributed by atoms with Crippen molar-refractivity contribution in [3.8, 4) is 0 Å². The van der Waals surface area contributed by atoms with E-state index in [4.69, 9.17) is 4.74 Å². The van der Waals surface area contributed by atoms with Crippen molar-refractivity contribution in [1.82, 2.24) is 9.62 Å². The normalized spacial score (nSPS) is 16.2. The second kappa shape index (κ2) is 6.32. The fraction of sp³-hybridized carbons (Fsp3) is 0.900. The van der Waals surface area contributed by atoms with Gasteiger partial charge >= 0.3 is 0 Å². The van der Waals surface area contributed by atoms with Crippen molar-refractivity contribution in [2.45, 2.75) is 25.3 Å². The van der Waals surface area contributed by atoms with Crippen molar-refractivity contribution in [3.63, 3.8) is 0 Å². The number of hydrogen-bond donors (Lipinski definition) is 1. The summed E-state index contributed by atoms with van der Waals surface area (Å²) in [7, 11) is -1.63. The van der Waals surface area contributed by atoms with Crippen molar-refractivity contribution in [2.75, 3.05) is 33.1 Å². The van der Waals surface area contributed by atoms with Gasteiger partial charge in [0.2, 0.25) is 15.9 Å². The van der Waals surface area contributed by atoms with Crippen LogP contribution in [0.3, 0.4) is 0 Å². The number of carbonyl (C=O) groups excluding carboxylic acids is 1. The molecule has 0 aromatic carbocycles. The van der Waals surface area contributed by atoms with Crippen molar-refractivity contribution in [3.05, 3.63) is 0 Å². The van der Waals surface area contributed by atoms with Gasteiger partial charge in [0, 0.05) is 32.7 Å². The highest BCUT2D eigenvalue weighted by Gasteiger charge is 2.34. The number of nitrogens with one attached hydrogen (secondary N) is 1. The first-order valence-corrected chi connectivity index (χ1v) is 7.52. The van der Waals surface area contributed by atoms with Gasteiger partial charge in [0.15, 0.2) is 0 Å². The van der Waals surface area contributed by atoms with Crippen LogP contribution in [0.1, 0.15) is 19.3 Å². The largest absolute Gasteiger partial charge is 0.383 e. The minimum atomic E-state index is -3.19. The van der Waals surface area contributed by atoms with Crippen LogP contribution >= 0.6 is 0 Å². The summed E-state index contributed by atoms with van der Waals surface area (Å²) in [6.45, 7) is 1.18. The summed E-state index contributed by atoms with van der Waals surface area (Å²) in [4.78, 5) is 11.4. The third-order valence-electron chi connectivity index (χ3n) is 2.57. The van der Waals surface area contributed by atoms with Gasteiger partial charge in [-0.05, 0) is 12.8 Å². The monoisotopic (exact) mass is 264 g/mol. The number of hydrogen-bond acceptors (Lipinski definition) is 4. The lowest BCUT2D eigenvalue weighted by Crippen LogP contribution is -2.36. The molecular weight excluding hydrogens is 244 g/mol.